The minimum absolute atomic E-state index is 0.00224. The third kappa shape index (κ3) is 3.50. The number of hydrogen-bond donors (Lipinski definition) is 1. The first kappa shape index (κ1) is 16.7. The lowest BCUT2D eigenvalue weighted by molar-refractivity contribution is -0.117. The summed E-state index contributed by atoms with van der Waals surface area (Å²) in [7, 11) is 0. The summed E-state index contributed by atoms with van der Waals surface area (Å²) in [6.07, 6.45) is 0.313. The number of Topliss-reactive ketones (excluding diaryl/α,β-unsaturated/α-hetero) is 1. The van der Waals surface area contributed by atoms with Gasteiger partial charge in [-0.05, 0) is 24.1 Å². The van der Waals surface area contributed by atoms with E-state index in [9.17, 15) is 9.59 Å². The van der Waals surface area contributed by atoms with Crippen molar-refractivity contribution < 1.29 is 9.59 Å². The van der Waals surface area contributed by atoms with Crippen LogP contribution < -0.4 is 5.32 Å². The summed E-state index contributed by atoms with van der Waals surface area (Å²) in [5.41, 5.74) is 2.06. The number of halogens is 1. The van der Waals surface area contributed by atoms with Gasteiger partial charge in [0.2, 0.25) is 0 Å². The fourth-order valence-corrected chi connectivity index (χ4v) is 3.94. The minimum atomic E-state index is -0.306. The van der Waals surface area contributed by atoms with Gasteiger partial charge in [-0.2, -0.15) is 0 Å². The van der Waals surface area contributed by atoms with E-state index in [4.69, 9.17) is 11.6 Å². The van der Waals surface area contributed by atoms with Gasteiger partial charge in [-0.15, -0.1) is 11.3 Å². The Hall–Kier alpha value is -2.17. The minimum Gasteiger partial charge on any atom is -0.344 e. The fraction of sp³-hybridized carbons (Fsp3) is 0.158. The number of ketones is 1. The zero-order valence-electron chi connectivity index (χ0n) is 13.1. The van der Waals surface area contributed by atoms with Crippen molar-refractivity contribution in [3.05, 3.63) is 69.6 Å². The molecule has 0 atom stereocenters. The Kier molecular flexibility index (Phi) is 4.97. The number of rotatable bonds is 5. The Labute approximate surface area is 149 Å². The number of nitrogens with one attached hydrogen (secondary N) is 1. The first-order valence-corrected chi connectivity index (χ1v) is 8.77. The summed E-state index contributed by atoms with van der Waals surface area (Å²) in [6, 6.07) is 15.3. The molecule has 0 saturated carbocycles. The van der Waals surface area contributed by atoms with Crippen LogP contribution >= 0.6 is 22.9 Å². The second-order valence-corrected chi connectivity index (χ2v) is 7.00. The number of thiophene rings is 1. The van der Waals surface area contributed by atoms with Crippen molar-refractivity contribution in [3.63, 3.8) is 0 Å². The van der Waals surface area contributed by atoms with E-state index in [1.54, 1.807) is 0 Å². The van der Waals surface area contributed by atoms with Crippen LogP contribution in [-0.4, -0.2) is 18.2 Å². The zero-order chi connectivity index (χ0) is 17.1. The maximum atomic E-state index is 12.3. The van der Waals surface area contributed by atoms with Crippen LogP contribution in [0.5, 0.6) is 0 Å². The number of carbonyl (C=O) groups excluding carboxylic acids is 2. The average molecular weight is 358 g/mol. The van der Waals surface area contributed by atoms with E-state index in [1.807, 2.05) is 55.5 Å². The molecular formula is C19H16ClNO2S. The van der Waals surface area contributed by atoms with Crippen LogP contribution in [-0.2, 0) is 11.2 Å². The van der Waals surface area contributed by atoms with E-state index in [0.717, 1.165) is 21.2 Å². The molecule has 24 heavy (non-hydrogen) atoms. The van der Waals surface area contributed by atoms with Crippen molar-refractivity contribution >= 4 is 44.7 Å². The molecule has 3 aromatic rings. The topological polar surface area (TPSA) is 46.2 Å². The van der Waals surface area contributed by atoms with Gasteiger partial charge in [0.05, 0.1) is 11.6 Å². The number of carbonyl (C=O) groups is 2. The van der Waals surface area contributed by atoms with Crippen LogP contribution in [0, 0.1) is 6.92 Å². The summed E-state index contributed by atoms with van der Waals surface area (Å²) in [5.74, 6) is -0.339. The Bertz CT molecular complexity index is 917. The maximum Gasteiger partial charge on any atom is 0.263 e. The van der Waals surface area contributed by atoms with Crippen molar-refractivity contribution in [3.8, 4) is 0 Å². The molecule has 0 bridgehead atoms. The summed E-state index contributed by atoms with van der Waals surface area (Å²) in [6.45, 7) is 1.97. The summed E-state index contributed by atoms with van der Waals surface area (Å²) in [4.78, 5) is 24.9. The van der Waals surface area contributed by atoms with E-state index >= 15 is 0 Å². The molecule has 1 N–H and O–H groups in total. The van der Waals surface area contributed by atoms with Crippen molar-refractivity contribution in [2.75, 3.05) is 6.54 Å². The highest BCUT2D eigenvalue weighted by molar-refractivity contribution is 7.21. The van der Waals surface area contributed by atoms with Gasteiger partial charge in [0.25, 0.3) is 5.91 Å². The van der Waals surface area contributed by atoms with Gasteiger partial charge in [-0.3, -0.25) is 9.59 Å². The Morgan fingerprint density at radius 2 is 1.79 bits per heavy atom. The summed E-state index contributed by atoms with van der Waals surface area (Å²) >= 11 is 7.62. The van der Waals surface area contributed by atoms with Crippen molar-refractivity contribution in [1.29, 1.82) is 0 Å². The van der Waals surface area contributed by atoms with E-state index in [1.165, 1.54) is 11.3 Å². The molecule has 3 nitrogen and oxygen atoms in total. The van der Waals surface area contributed by atoms with Gasteiger partial charge in [-0.1, -0.05) is 54.1 Å². The molecule has 0 fully saturated rings. The molecule has 0 saturated heterocycles. The molecule has 0 unspecified atom stereocenters. The molecular weight excluding hydrogens is 342 g/mol. The fourth-order valence-electron chi connectivity index (χ4n) is 2.50. The molecule has 0 spiro atoms. The number of aryl methyl sites for hydroxylation is 1. The van der Waals surface area contributed by atoms with Gasteiger partial charge in [0, 0.05) is 16.5 Å². The highest BCUT2D eigenvalue weighted by Crippen LogP contribution is 2.34. The van der Waals surface area contributed by atoms with Gasteiger partial charge in [0.1, 0.15) is 4.88 Å². The van der Waals surface area contributed by atoms with E-state index in [2.05, 4.69) is 5.32 Å². The largest absolute Gasteiger partial charge is 0.344 e. The van der Waals surface area contributed by atoms with Crippen molar-refractivity contribution in [2.45, 2.75) is 13.3 Å². The molecule has 0 aliphatic rings. The number of fused-ring (bicyclic) bond motifs is 1. The lowest BCUT2D eigenvalue weighted by Crippen LogP contribution is -2.30. The number of benzene rings is 2. The van der Waals surface area contributed by atoms with Gasteiger partial charge in [0.15, 0.2) is 5.78 Å². The van der Waals surface area contributed by atoms with E-state index < -0.39 is 0 Å². The van der Waals surface area contributed by atoms with Gasteiger partial charge >= 0.3 is 0 Å². The number of hydrogen-bond acceptors (Lipinski definition) is 3. The molecule has 1 aromatic heterocycles. The predicted molar refractivity (Wildman–Crippen MR) is 99.1 cm³/mol. The molecule has 122 valence electrons. The monoisotopic (exact) mass is 357 g/mol. The van der Waals surface area contributed by atoms with Crippen LogP contribution in [0.15, 0.2) is 48.5 Å². The van der Waals surface area contributed by atoms with E-state index in [0.29, 0.717) is 16.3 Å². The van der Waals surface area contributed by atoms with Crippen LogP contribution in [0.4, 0.5) is 0 Å². The van der Waals surface area contributed by atoms with Crippen LogP contribution in [0.3, 0.4) is 0 Å². The average Bonchev–Trinajstić information content (AvgIpc) is 2.92. The molecule has 0 radical (unpaired) electrons. The standard InChI is InChI=1S/C19H16ClNO2S/c1-12-6-2-3-7-13(12)10-14(22)11-21-19(23)18-17(20)15-8-4-5-9-16(15)24-18/h2-9H,10-11H2,1H3,(H,21,23). The first-order valence-electron chi connectivity index (χ1n) is 7.57. The summed E-state index contributed by atoms with van der Waals surface area (Å²) < 4.78 is 0.957. The second kappa shape index (κ2) is 7.16. The van der Waals surface area contributed by atoms with E-state index in [-0.39, 0.29) is 18.2 Å². The summed E-state index contributed by atoms with van der Waals surface area (Å²) in [5, 5.41) is 3.98. The van der Waals surface area contributed by atoms with Crippen LogP contribution in [0.25, 0.3) is 10.1 Å². The van der Waals surface area contributed by atoms with Gasteiger partial charge in [-0.25, -0.2) is 0 Å². The molecule has 3 rings (SSSR count). The quantitative estimate of drug-likeness (QED) is 0.735. The first-order chi connectivity index (χ1) is 11.6. The van der Waals surface area contributed by atoms with Crippen LogP contribution in [0.1, 0.15) is 20.8 Å². The Morgan fingerprint density at radius 3 is 2.54 bits per heavy atom. The molecule has 1 heterocycles. The molecule has 2 aromatic carbocycles. The third-order valence-electron chi connectivity index (χ3n) is 3.84. The predicted octanol–water partition coefficient (Wildman–Crippen LogP) is 4.40. The number of amides is 1. The highest BCUT2D eigenvalue weighted by Gasteiger charge is 2.17. The maximum absolute atomic E-state index is 12.3. The van der Waals surface area contributed by atoms with Crippen molar-refractivity contribution in [2.24, 2.45) is 0 Å². The normalized spacial score (nSPS) is 10.8. The van der Waals surface area contributed by atoms with Gasteiger partial charge < -0.3 is 5.32 Å². The SMILES string of the molecule is Cc1ccccc1CC(=O)CNC(=O)c1sc2ccccc2c1Cl. The second-order valence-electron chi connectivity index (χ2n) is 5.57. The molecule has 5 heteroatoms. The highest BCUT2D eigenvalue weighted by atomic mass is 35.5. The zero-order valence-corrected chi connectivity index (χ0v) is 14.7. The lowest BCUT2D eigenvalue weighted by Gasteiger charge is -2.06. The smallest absolute Gasteiger partial charge is 0.263 e. The van der Waals surface area contributed by atoms with Crippen LogP contribution in [0.2, 0.25) is 5.02 Å². The molecule has 1 amide bonds. The Morgan fingerprint density at radius 1 is 1.08 bits per heavy atom. The molecule has 0 aliphatic carbocycles. The third-order valence-corrected chi connectivity index (χ3v) is 5.51. The van der Waals surface area contributed by atoms with Crippen molar-refractivity contribution in [1.82, 2.24) is 5.32 Å². The lowest BCUT2D eigenvalue weighted by atomic mass is 10.0. The molecule has 0 aliphatic heterocycles. The Balaban J connectivity index is 1.65.